The molecule has 1 rings (SSSR count). The number of hydrogen-bond donors (Lipinski definition) is 1. The number of likely N-dealkylation sites (N-methyl/N-ethyl adjacent to an activating group) is 1. The Morgan fingerprint density at radius 2 is 2.29 bits per heavy atom. The van der Waals surface area contributed by atoms with Crippen molar-refractivity contribution in [3.05, 3.63) is 41.7 Å². The fraction of sp³-hybridized carbons (Fsp3) is 0.385. The number of nitrogens with two attached hydrogens (primary N) is 1. The normalized spacial score (nSPS) is 10.1. The largest absolute Gasteiger partial charge is 0.335 e. The van der Waals surface area contributed by atoms with Gasteiger partial charge >= 0.3 is 0 Å². The third kappa shape index (κ3) is 3.67. The maximum absolute atomic E-state index is 12.2. The van der Waals surface area contributed by atoms with Crippen molar-refractivity contribution in [2.45, 2.75) is 20.4 Å². The van der Waals surface area contributed by atoms with Gasteiger partial charge in [0, 0.05) is 31.4 Å². The number of carbonyl (C=O) groups excluding carboxylic acids is 1. The molecule has 92 valence electrons. The van der Waals surface area contributed by atoms with Crippen LogP contribution in [0.4, 0.5) is 0 Å². The zero-order valence-corrected chi connectivity index (χ0v) is 10.4. The molecule has 0 aliphatic rings. The first kappa shape index (κ1) is 13.4. The quantitative estimate of drug-likeness (QED) is 0.785. The average Bonchev–Trinajstić information content (AvgIpc) is 2.35. The lowest BCUT2D eigenvalue weighted by molar-refractivity contribution is 0.0778. The Bertz CT molecular complexity index is 415. The predicted octanol–water partition coefficient (Wildman–Crippen LogP) is 1.58. The third-order valence-corrected chi connectivity index (χ3v) is 2.40. The first-order valence-electron chi connectivity index (χ1n) is 5.67. The second kappa shape index (κ2) is 6.15. The smallest absolute Gasteiger partial charge is 0.254 e. The number of rotatable bonds is 5. The SMILES string of the molecule is C=C(C)CN(CC)C(=O)c1ccnc(CN)c1. The molecule has 0 saturated heterocycles. The van der Waals surface area contributed by atoms with Crippen LogP contribution in [-0.2, 0) is 6.54 Å². The zero-order chi connectivity index (χ0) is 12.8. The number of carbonyl (C=O) groups is 1. The highest BCUT2D eigenvalue weighted by molar-refractivity contribution is 5.94. The van der Waals surface area contributed by atoms with Gasteiger partial charge in [0.25, 0.3) is 5.91 Å². The Balaban J connectivity index is 2.89. The lowest BCUT2D eigenvalue weighted by Crippen LogP contribution is -2.32. The van der Waals surface area contributed by atoms with Gasteiger partial charge in [0.05, 0.1) is 5.69 Å². The van der Waals surface area contributed by atoms with Crippen molar-refractivity contribution < 1.29 is 4.79 Å². The number of hydrogen-bond acceptors (Lipinski definition) is 3. The molecule has 0 radical (unpaired) electrons. The van der Waals surface area contributed by atoms with Gasteiger partial charge in [0.2, 0.25) is 0 Å². The van der Waals surface area contributed by atoms with Gasteiger partial charge in [-0.2, -0.15) is 0 Å². The fourth-order valence-electron chi connectivity index (χ4n) is 1.56. The molecule has 0 unspecified atom stereocenters. The third-order valence-electron chi connectivity index (χ3n) is 2.40. The van der Waals surface area contributed by atoms with E-state index in [1.807, 2.05) is 13.8 Å². The lowest BCUT2D eigenvalue weighted by Gasteiger charge is -2.21. The Morgan fingerprint density at radius 3 is 2.82 bits per heavy atom. The summed E-state index contributed by atoms with van der Waals surface area (Å²) in [7, 11) is 0. The zero-order valence-electron chi connectivity index (χ0n) is 10.4. The molecule has 2 N–H and O–H groups in total. The fourth-order valence-corrected chi connectivity index (χ4v) is 1.56. The Labute approximate surface area is 102 Å². The van der Waals surface area contributed by atoms with Gasteiger partial charge < -0.3 is 10.6 Å². The summed E-state index contributed by atoms with van der Waals surface area (Å²) in [6.07, 6.45) is 1.62. The van der Waals surface area contributed by atoms with Crippen molar-refractivity contribution in [2.24, 2.45) is 5.73 Å². The first-order chi connectivity index (χ1) is 8.08. The molecule has 0 aromatic carbocycles. The van der Waals surface area contributed by atoms with Gasteiger partial charge in [0.1, 0.15) is 0 Å². The van der Waals surface area contributed by atoms with Crippen molar-refractivity contribution in [2.75, 3.05) is 13.1 Å². The number of nitrogens with zero attached hydrogens (tertiary/aromatic N) is 2. The van der Waals surface area contributed by atoms with Crippen molar-refractivity contribution in [1.29, 1.82) is 0 Å². The summed E-state index contributed by atoms with van der Waals surface area (Å²) in [6.45, 7) is 9.27. The molecule has 0 aliphatic heterocycles. The predicted molar refractivity (Wildman–Crippen MR) is 68.5 cm³/mol. The molecule has 1 aromatic heterocycles. The molecule has 17 heavy (non-hydrogen) atoms. The van der Waals surface area contributed by atoms with Crippen LogP contribution in [0.3, 0.4) is 0 Å². The second-order valence-corrected chi connectivity index (χ2v) is 4.02. The van der Waals surface area contributed by atoms with Crippen LogP contribution in [0.25, 0.3) is 0 Å². The van der Waals surface area contributed by atoms with E-state index >= 15 is 0 Å². The van der Waals surface area contributed by atoms with Crippen LogP contribution in [0.15, 0.2) is 30.5 Å². The second-order valence-electron chi connectivity index (χ2n) is 4.02. The summed E-state index contributed by atoms with van der Waals surface area (Å²) in [5.74, 6) is -0.00685. The van der Waals surface area contributed by atoms with E-state index in [-0.39, 0.29) is 5.91 Å². The average molecular weight is 233 g/mol. The van der Waals surface area contributed by atoms with E-state index in [0.717, 1.165) is 11.3 Å². The van der Waals surface area contributed by atoms with Crippen molar-refractivity contribution in [3.63, 3.8) is 0 Å². The van der Waals surface area contributed by atoms with Gasteiger partial charge in [0.15, 0.2) is 0 Å². The van der Waals surface area contributed by atoms with Gasteiger partial charge in [-0.15, -0.1) is 0 Å². The van der Waals surface area contributed by atoms with E-state index in [2.05, 4.69) is 11.6 Å². The Hall–Kier alpha value is -1.68. The molecule has 0 fully saturated rings. The summed E-state index contributed by atoms with van der Waals surface area (Å²) < 4.78 is 0. The summed E-state index contributed by atoms with van der Waals surface area (Å²) in [6, 6.07) is 3.45. The van der Waals surface area contributed by atoms with E-state index in [9.17, 15) is 4.79 Å². The highest BCUT2D eigenvalue weighted by atomic mass is 16.2. The van der Waals surface area contributed by atoms with Crippen molar-refractivity contribution >= 4 is 5.91 Å². The van der Waals surface area contributed by atoms with E-state index in [0.29, 0.717) is 25.2 Å². The van der Waals surface area contributed by atoms with Crippen LogP contribution >= 0.6 is 0 Å². The van der Waals surface area contributed by atoms with Crippen LogP contribution in [0.1, 0.15) is 29.9 Å². The van der Waals surface area contributed by atoms with Gasteiger partial charge in [-0.25, -0.2) is 0 Å². The molecule has 1 heterocycles. The highest BCUT2D eigenvalue weighted by Gasteiger charge is 2.14. The highest BCUT2D eigenvalue weighted by Crippen LogP contribution is 2.07. The van der Waals surface area contributed by atoms with E-state index < -0.39 is 0 Å². The topological polar surface area (TPSA) is 59.2 Å². The molecule has 4 nitrogen and oxygen atoms in total. The van der Waals surface area contributed by atoms with E-state index in [1.54, 1.807) is 23.2 Å². The lowest BCUT2D eigenvalue weighted by atomic mass is 10.2. The van der Waals surface area contributed by atoms with Crippen molar-refractivity contribution in [1.82, 2.24) is 9.88 Å². The van der Waals surface area contributed by atoms with Crippen LogP contribution in [-0.4, -0.2) is 28.9 Å². The molecule has 0 bridgehead atoms. The minimum atomic E-state index is -0.00685. The summed E-state index contributed by atoms with van der Waals surface area (Å²) in [5, 5.41) is 0. The number of aromatic nitrogens is 1. The standard InChI is InChI=1S/C13H19N3O/c1-4-16(9-10(2)3)13(17)11-5-6-15-12(7-11)8-14/h5-7H,2,4,8-9,14H2,1,3H3. The van der Waals surface area contributed by atoms with Crippen LogP contribution in [0.5, 0.6) is 0 Å². The minimum Gasteiger partial charge on any atom is -0.335 e. The molecule has 0 aliphatic carbocycles. The molecule has 0 spiro atoms. The number of pyridine rings is 1. The molecule has 1 amide bonds. The molecular formula is C13H19N3O. The monoisotopic (exact) mass is 233 g/mol. The molecule has 0 saturated carbocycles. The molecular weight excluding hydrogens is 214 g/mol. The van der Waals surface area contributed by atoms with E-state index in [4.69, 9.17) is 5.73 Å². The minimum absolute atomic E-state index is 0.00685. The first-order valence-corrected chi connectivity index (χ1v) is 5.67. The summed E-state index contributed by atoms with van der Waals surface area (Å²) in [4.78, 5) is 18.0. The maximum Gasteiger partial charge on any atom is 0.254 e. The Morgan fingerprint density at radius 1 is 1.59 bits per heavy atom. The van der Waals surface area contributed by atoms with E-state index in [1.165, 1.54) is 0 Å². The van der Waals surface area contributed by atoms with Crippen LogP contribution in [0, 0.1) is 0 Å². The van der Waals surface area contributed by atoms with Gasteiger partial charge in [-0.1, -0.05) is 12.2 Å². The van der Waals surface area contributed by atoms with Gasteiger partial charge in [-0.3, -0.25) is 9.78 Å². The Kier molecular flexibility index (Phi) is 4.84. The number of amides is 1. The van der Waals surface area contributed by atoms with Crippen molar-refractivity contribution in [3.8, 4) is 0 Å². The van der Waals surface area contributed by atoms with Crippen LogP contribution < -0.4 is 5.73 Å². The molecule has 0 atom stereocenters. The summed E-state index contributed by atoms with van der Waals surface area (Å²) >= 11 is 0. The van der Waals surface area contributed by atoms with Crippen LogP contribution in [0.2, 0.25) is 0 Å². The maximum atomic E-state index is 12.2. The molecule has 4 heteroatoms. The van der Waals surface area contributed by atoms with Gasteiger partial charge in [-0.05, 0) is 26.0 Å². The molecule has 1 aromatic rings. The summed E-state index contributed by atoms with van der Waals surface area (Å²) in [5.41, 5.74) is 7.83.